The molecule has 1 heterocycles. The topological polar surface area (TPSA) is 86.5 Å². The standard InChI is InChI=1S/C19H19N3O4/c1-3-18-21-19(22-26-18)13-8-4-6-10-15(13)25-12-17(23)20-14-9-5-7-11-16(14)24-2/h4-11H,3,12H2,1-2H3,(H,20,23). The van der Waals surface area contributed by atoms with Crippen LogP contribution in [0.15, 0.2) is 53.1 Å². The summed E-state index contributed by atoms with van der Waals surface area (Å²) < 4.78 is 16.0. The van der Waals surface area contributed by atoms with Gasteiger partial charge in [0.2, 0.25) is 11.7 Å². The zero-order valence-electron chi connectivity index (χ0n) is 14.6. The molecule has 1 amide bonds. The number of hydrogen-bond donors (Lipinski definition) is 1. The van der Waals surface area contributed by atoms with Gasteiger partial charge in [0.05, 0.1) is 18.4 Å². The lowest BCUT2D eigenvalue weighted by molar-refractivity contribution is -0.118. The number of carbonyl (C=O) groups is 1. The predicted molar refractivity (Wildman–Crippen MR) is 96.2 cm³/mol. The molecule has 2 aromatic carbocycles. The fraction of sp³-hybridized carbons (Fsp3) is 0.211. The van der Waals surface area contributed by atoms with Crippen molar-refractivity contribution in [3.8, 4) is 22.9 Å². The van der Waals surface area contributed by atoms with Gasteiger partial charge in [-0.25, -0.2) is 0 Å². The van der Waals surface area contributed by atoms with Crippen molar-refractivity contribution in [2.24, 2.45) is 0 Å². The van der Waals surface area contributed by atoms with Gasteiger partial charge in [-0.3, -0.25) is 4.79 Å². The fourth-order valence-corrected chi connectivity index (χ4v) is 2.36. The number of nitrogens with zero attached hydrogens (tertiary/aromatic N) is 2. The van der Waals surface area contributed by atoms with Crippen LogP contribution in [0.2, 0.25) is 0 Å². The highest BCUT2D eigenvalue weighted by Crippen LogP contribution is 2.28. The Hall–Kier alpha value is -3.35. The fourth-order valence-electron chi connectivity index (χ4n) is 2.36. The third kappa shape index (κ3) is 4.00. The quantitative estimate of drug-likeness (QED) is 0.701. The number of anilines is 1. The molecule has 0 bridgehead atoms. The minimum Gasteiger partial charge on any atom is -0.495 e. The number of aromatic nitrogens is 2. The minimum absolute atomic E-state index is 0.159. The number of rotatable bonds is 7. The van der Waals surface area contributed by atoms with E-state index in [1.165, 1.54) is 0 Å². The lowest BCUT2D eigenvalue weighted by atomic mass is 10.2. The van der Waals surface area contributed by atoms with Crippen molar-refractivity contribution in [2.45, 2.75) is 13.3 Å². The third-order valence-corrected chi connectivity index (χ3v) is 3.64. The number of amides is 1. The number of carbonyl (C=O) groups excluding carboxylic acids is 1. The normalized spacial score (nSPS) is 10.4. The lowest BCUT2D eigenvalue weighted by Gasteiger charge is -2.11. The van der Waals surface area contributed by atoms with Crippen LogP contribution in [-0.4, -0.2) is 29.8 Å². The number of aryl methyl sites for hydroxylation is 1. The monoisotopic (exact) mass is 353 g/mol. The number of para-hydroxylation sites is 3. The van der Waals surface area contributed by atoms with Crippen molar-refractivity contribution < 1.29 is 18.8 Å². The summed E-state index contributed by atoms with van der Waals surface area (Å²) in [6.07, 6.45) is 0.650. The van der Waals surface area contributed by atoms with Gasteiger partial charge in [-0.05, 0) is 24.3 Å². The first-order valence-electron chi connectivity index (χ1n) is 8.19. The summed E-state index contributed by atoms with van der Waals surface area (Å²) in [7, 11) is 1.55. The van der Waals surface area contributed by atoms with E-state index in [-0.39, 0.29) is 12.5 Å². The second-order valence-corrected chi connectivity index (χ2v) is 5.40. The van der Waals surface area contributed by atoms with E-state index in [1.54, 1.807) is 25.3 Å². The van der Waals surface area contributed by atoms with E-state index in [1.807, 2.05) is 37.3 Å². The maximum Gasteiger partial charge on any atom is 0.262 e. The Bertz CT molecular complexity index is 892. The van der Waals surface area contributed by atoms with Crippen molar-refractivity contribution in [3.63, 3.8) is 0 Å². The molecule has 3 aromatic rings. The smallest absolute Gasteiger partial charge is 0.262 e. The molecule has 7 heteroatoms. The van der Waals surface area contributed by atoms with Crippen molar-refractivity contribution in [1.82, 2.24) is 10.1 Å². The maximum atomic E-state index is 12.2. The van der Waals surface area contributed by atoms with Crippen LogP contribution in [0.4, 0.5) is 5.69 Å². The molecule has 0 spiro atoms. The van der Waals surface area contributed by atoms with Gasteiger partial charge in [-0.15, -0.1) is 0 Å². The first-order valence-corrected chi connectivity index (χ1v) is 8.19. The van der Waals surface area contributed by atoms with E-state index < -0.39 is 0 Å². The van der Waals surface area contributed by atoms with E-state index in [0.29, 0.717) is 40.9 Å². The minimum atomic E-state index is -0.299. The summed E-state index contributed by atoms with van der Waals surface area (Å²) >= 11 is 0. The second-order valence-electron chi connectivity index (χ2n) is 5.40. The van der Waals surface area contributed by atoms with Gasteiger partial charge in [0.15, 0.2) is 6.61 Å². The van der Waals surface area contributed by atoms with E-state index in [0.717, 1.165) is 0 Å². The van der Waals surface area contributed by atoms with E-state index in [4.69, 9.17) is 14.0 Å². The Morgan fingerprint density at radius 1 is 1.12 bits per heavy atom. The molecule has 3 rings (SSSR count). The van der Waals surface area contributed by atoms with Crippen molar-refractivity contribution >= 4 is 11.6 Å². The first kappa shape index (κ1) is 17.5. The van der Waals surface area contributed by atoms with E-state index in [2.05, 4.69) is 15.5 Å². The Morgan fingerprint density at radius 2 is 1.85 bits per heavy atom. The van der Waals surface area contributed by atoms with Gasteiger partial charge >= 0.3 is 0 Å². The van der Waals surface area contributed by atoms with Gasteiger partial charge in [0.25, 0.3) is 5.91 Å². The van der Waals surface area contributed by atoms with Crippen LogP contribution < -0.4 is 14.8 Å². The number of benzene rings is 2. The first-order chi connectivity index (χ1) is 12.7. The molecule has 0 saturated heterocycles. The Balaban J connectivity index is 1.69. The summed E-state index contributed by atoms with van der Waals surface area (Å²) in [5.41, 5.74) is 1.25. The lowest BCUT2D eigenvalue weighted by Crippen LogP contribution is -2.20. The largest absolute Gasteiger partial charge is 0.495 e. The van der Waals surface area contributed by atoms with Gasteiger partial charge in [-0.2, -0.15) is 4.98 Å². The molecule has 26 heavy (non-hydrogen) atoms. The summed E-state index contributed by atoms with van der Waals surface area (Å²) in [6, 6.07) is 14.4. The Labute approximate surface area is 150 Å². The average molecular weight is 353 g/mol. The molecule has 0 atom stereocenters. The summed E-state index contributed by atoms with van der Waals surface area (Å²) in [4.78, 5) is 16.5. The molecule has 1 aromatic heterocycles. The summed E-state index contributed by atoms with van der Waals surface area (Å²) in [6.45, 7) is 1.77. The van der Waals surface area contributed by atoms with E-state index >= 15 is 0 Å². The van der Waals surface area contributed by atoms with Crippen molar-refractivity contribution in [3.05, 3.63) is 54.4 Å². The zero-order valence-corrected chi connectivity index (χ0v) is 14.6. The molecule has 0 saturated carbocycles. The summed E-state index contributed by atoms with van der Waals surface area (Å²) in [5, 5.41) is 6.72. The molecular formula is C19H19N3O4. The van der Waals surface area contributed by atoms with Crippen LogP contribution >= 0.6 is 0 Å². The van der Waals surface area contributed by atoms with Crippen LogP contribution in [0.1, 0.15) is 12.8 Å². The zero-order chi connectivity index (χ0) is 18.4. The van der Waals surface area contributed by atoms with E-state index in [9.17, 15) is 4.79 Å². The average Bonchev–Trinajstić information content (AvgIpc) is 3.16. The van der Waals surface area contributed by atoms with Gasteiger partial charge in [0.1, 0.15) is 11.5 Å². The van der Waals surface area contributed by atoms with Gasteiger partial charge < -0.3 is 19.3 Å². The SMILES string of the molecule is CCc1nc(-c2ccccc2OCC(=O)Nc2ccccc2OC)no1. The van der Waals surface area contributed by atoms with Crippen LogP contribution in [0.3, 0.4) is 0 Å². The van der Waals surface area contributed by atoms with Gasteiger partial charge in [0, 0.05) is 6.42 Å². The Morgan fingerprint density at radius 3 is 2.58 bits per heavy atom. The highest BCUT2D eigenvalue weighted by atomic mass is 16.5. The number of nitrogens with one attached hydrogen (secondary N) is 1. The maximum absolute atomic E-state index is 12.2. The number of methoxy groups -OCH3 is 1. The van der Waals surface area contributed by atoms with Crippen molar-refractivity contribution in [2.75, 3.05) is 19.0 Å². The molecule has 0 aliphatic carbocycles. The van der Waals surface area contributed by atoms with Crippen LogP contribution in [0, 0.1) is 0 Å². The molecule has 0 unspecified atom stereocenters. The van der Waals surface area contributed by atoms with Crippen molar-refractivity contribution in [1.29, 1.82) is 0 Å². The second kappa shape index (κ2) is 8.15. The van der Waals surface area contributed by atoms with Gasteiger partial charge in [-0.1, -0.05) is 36.3 Å². The molecule has 0 fully saturated rings. The molecular weight excluding hydrogens is 334 g/mol. The third-order valence-electron chi connectivity index (χ3n) is 3.64. The number of ether oxygens (including phenoxy) is 2. The number of hydrogen-bond acceptors (Lipinski definition) is 6. The highest BCUT2D eigenvalue weighted by Gasteiger charge is 2.14. The molecule has 0 radical (unpaired) electrons. The highest BCUT2D eigenvalue weighted by molar-refractivity contribution is 5.93. The van der Waals surface area contributed by atoms with Crippen LogP contribution in [-0.2, 0) is 11.2 Å². The predicted octanol–water partition coefficient (Wildman–Crippen LogP) is 3.33. The molecule has 0 aliphatic rings. The van der Waals surface area contributed by atoms with Crippen LogP contribution in [0.5, 0.6) is 11.5 Å². The summed E-state index contributed by atoms with van der Waals surface area (Å²) in [5.74, 6) is 1.77. The molecule has 7 nitrogen and oxygen atoms in total. The molecule has 134 valence electrons. The molecule has 0 aliphatic heterocycles. The Kier molecular flexibility index (Phi) is 5.48. The van der Waals surface area contributed by atoms with Crippen LogP contribution in [0.25, 0.3) is 11.4 Å². The molecule has 1 N–H and O–H groups in total.